The number of morpholine rings is 1. The molecular formula is C22H29N5O. The van der Waals surface area contributed by atoms with E-state index < -0.39 is 0 Å². The van der Waals surface area contributed by atoms with E-state index in [9.17, 15) is 0 Å². The van der Waals surface area contributed by atoms with Gasteiger partial charge >= 0.3 is 0 Å². The third-order valence-corrected chi connectivity index (χ3v) is 6.28. The quantitative estimate of drug-likeness (QED) is 0.803. The third-order valence-electron chi connectivity index (χ3n) is 6.28. The number of nitrogens with zero attached hydrogens (tertiary/aromatic N) is 5. The molecule has 4 aliphatic rings. The Hall–Kier alpha value is -2.18. The van der Waals surface area contributed by atoms with Crippen LogP contribution in [0.5, 0.6) is 0 Å². The molecule has 0 bridgehead atoms. The highest BCUT2D eigenvalue weighted by molar-refractivity contribution is 5.96. The molecule has 6 heteroatoms. The molecule has 1 saturated heterocycles. The van der Waals surface area contributed by atoms with Crippen molar-refractivity contribution >= 4 is 5.84 Å². The first kappa shape index (κ1) is 17.9. The van der Waals surface area contributed by atoms with Gasteiger partial charge in [0.1, 0.15) is 11.7 Å². The Bertz CT molecular complexity index is 811. The summed E-state index contributed by atoms with van der Waals surface area (Å²) in [6.45, 7) is 5.44. The van der Waals surface area contributed by atoms with Crippen LogP contribution < -0.4 is 0 Å². The number of likely N-dealkylation sites (N-methyl/N-ethyl adjacent to an activating group) is 1. The highest BCUT2D eigenvalue weighted by Crippen LogP contribution is 2.33. The average molecular weight is 380 g/mol. The van der Waals surface area contributed by atoms with Crippen LogP contribution in [-0.2, 0) is 11.2 Å². The first-order valence-electron chi connectivity index (χ1n) is 10.5. The summed E-state index contributed by atoms with van der Waals surface area (Å²) in [5.41, 5.74) is 2.69. The molecule has 0 saturated carbocycles. The molecule has 2 atom stereocenters. The van der Waals surface area contributed by atoms with Gasteiger partial charge in [0.05, 0.1) is 31.0 Å². The van der Waals surface area contributed by atoms with E-state index in [2.05, 4.69) is 52.1 Å². The van der Waals surface area contributed by atoms with Gasteiger partial charge in [-0.1, -0.05) is 12.1 Å². The van der Waals surface area contributed by atoms with Crippen molar-refractivity contribution in [3.63, 3.8) is 0 Å². The summed E-state index contributed by atoms with van der Waals surface area (Å²) in [5.74, 6) is 2.38. The number of allylic oxidation sites excluding steroid dienone is 2. The number of hydrogen-bond donors (Lipinski definition) is 0. The predicted molar refractivity (Wildman–Crippen MR) is 110 cm³/mol. The second-order valence-corrected chi connectivity index (χ2v) is 8.13. The van der Waals surface area contributed by atoms with Gasteiger partial charge in [-0.2, -0.15) is 0 Å². The SMILES string of the molecule is CN(CC1CN2C(N3CCOCC3)=CC=CC2=N1)C1CCCc2cccnc21. The maximum atomic E-state index is 5.52. The molecule has 4 heterocycles. The van der Waals surface area contributed by atoms with E-state index in [1.165, 1.54) is 29.9 Å². The van der Waals surface area contributed by atoms with Gasteiger partial charge in [0, 0.05) is 32.4 Å². The van der Waals surface area contributed by atoms with Crippen molar-refractivity contribution < 1.29 is 4.74 Å². The largest absolute Gasteiger partial charge is 0.378 e. The summed E-state index contributed by atoms with van der Waals surface area (Å²) in [4.78, 5) is 17.0. The summed E-state index contributed by atoms with van der Waals surface area (Å²) < 4.78 is 5.52. The number of fused-ring (bicyclic) bond motifs is 2. The standard InChI is InChI=1S/C22H29N5O/c1-25(19-7-2-5-17-6-4-10-23-22(17)19)15-18-16-27-20(24-18)8-3-9-21(27)26-11-13-28-14-12-26/h3-4,6,8-10,18-19H,2,5,7,11-16H2,1H3. The second-order valence-electron chi connectivity index (χ2n) is 8.13. The zero-order valence-electron chi connectivity index (χ0n) is 16.6. The van der Waals surface area contributed by atoms with Gasteiger partial charge in [-0.05, 0) is 50.1 Å². The van der Waals surface area contributed by atoms with Crippen molar-refractivity contribution in [3.05, 3.63) is 53.6 Å². The number of hydrogen-bond acceptors (Lipinski definition) is 6. The molecule has 1 fully saturated rings. The smallest absolute Gasteiger partial charge is 0.129 e. The zero-order chi connectivity index (χ0) is 18.9. The van der Waals surface area contributed by atoms with Crippen molar-refractivity contribution in [2.45, 2.75) is 31.3 Å². The van der Waals surface area contributed by atoms with Crippen molar-refractivity contribution in [2.24, 2.45) is 4.99 Å². The van der Waals surface area contributed by atoms with Gasteiger partial charge in [-0.3, -0.25) is 14.9 Å². The fraction of sp³-hybridized carbons (Fsp3) is 0.545. The molecule has 1 aliphatic carbocycles. The predicted octanol–water partition coefficient (Wildman–Crippen LogP) is 2.22. The third kappa shape index (κ3) is 3.35. The van der Waals surface area contributed by atoms with Crippen LogP contribution in [-0.4, -0.2) is 78.0 Å². The van der Waals surface area contributed by atoms with Gasteiger partial charge in [0.15, 0.2) is 0 Å². The molecule has 148 valence electrons. The van der Waals surface area contributed by atoms with Crippen LogP contribution in [0.1, 0.15) is 30.1 Å². The molecule has 1 aromatic heterocycles. The molecule has 5 rings (SSSR count). The lowest BCUT2D eigenvalue weighted by Crippen LogP contribution is -2.44. The molecular weight excluding hydrogens is 350 g/mol. The Morgan fingerprint density at radius 3 is 3.07 bits per heavy atom. The van der Waals surface area contributed by atoms with Gasteiger partial charge in [-0.25, -0.2) is 0 Å². The van der Waals surface area contributed by atoms with E-state index in [-0.39, 0.29) is 0 Å². The topological polar surface area (TPSA) is 44.2 Å². The second kappa shape index (κ2) is 7.68. The number of pyridine rings is 1. The number of rotatable bonds is 4. The van der Waals surface area contributed by atoms with Gasteiger partial charge < -0.3 is 14.5 Å². The van der Waals surface area contributed by atoms with Gasteiger partial charge in [-0.15, -0.1) is 0 Å². The van der Waals surface area contributed by atoms with Crippen LogP contribution in [0.15, 0.2) is 47.4 Å². The molecule has 2 unspecified atom stereocenters. The van der Waals surface area contributed by atoms with Gasteiger partial charge in [0.2, 0.25) is 0 Å². The van der Waals surface area contributed by atoms with E-state index >= 15 is 0 Å². The van der Waals surface area contributed by atoms with Crippen molar-refractivity contribution in [1.82, 2.24) is 19.7 Å². The van der Waals surface area contributed by atoms with E-state index in [0.717, 1.165) is 51.6 Å². The molecule has 0 N–H and O–H groups in total. The number of aromatic nitrogens is 1. The number of aryl methyl sites for hydroxylation is 1. The molecule has 28 heavy (non-hydrogen) atoms. The van der Waals surface area contributed by atoms with E-state index in [1.807, 2.05) is 6.20 Å². The van der Waals surface area contributed by atoms with Crippen LogP contribution >= 0.6 is 0 Å². The van der Waals surface area contributed by atoms with Crippen LogP contribution in [0.4, 0.5) is 0 Å². The summed E-state index contributed by atoms with van der Waals surface area (Å²) in [6.07, 6.45) is 12.0. The first-order valence-corrected chi connectivity index (χ1v) is 10.5. The molecule has 1 aromatic rings. The minimum Gasteiger partial charge on any atom is -0.378 e. The highest BCUT2D eigenvalue weighted by Gasteiger charge is 2.33. The Kier molecular flexibility index (Phi) is 4.91. The Morgan fingerprint density at radius 2 is 2.18 bits per heavy atom. The molecule has 0 spiro atoms. The fourth-order valence-electron chi connectivity index (χ4n) is 4.90. The first-order chi connectivity index (χ1) is 13.8. The molecule has 0 radical (unpaired) electrons. The van der Waals surface area contributed by atoms with Crippen molar-refractivity contribution in [2.75, 3.05) is 46.4 Å². The Balaban J connectivity index is 1.27. The lowest BCUT2D eigenvalue weighted by molar-refractivity contribution is 0.0437. The molecule has 0 amide bonds. The fourth-order valence-corrected chi connectivity index (χ4v) is 4.90. The Labute approximate surface area is 167 Å². The summed E-state index contributed by atoms with van der Waals surface area (Å²) in [6, 6.07) is 5.00. The van der Waals surface area contributed by atoms with Crippen molar-refractivity contribution in [1.29, 1.82) is 0 Å². The van der Waals surface area contributed by atoms with Crippen LogP contribution in [0.2, 0.25) is 0 Å². The van der Waals surface area contributed by atoms with Crippen LogP contribution in [0.3, 0.4) is 0 Å². The molecule has 0 aromatic carbocycles. The normalized spacial score (nSPS) is 26.8. The average Bonchev–Trinajstić information content (AvgIpc) is 3.16. The van der Waals surface area contributed by atoms with Crippen LogP contribution in [0.25, 0.3) is 0 Å². The van der Waals surface area contributed by atoms with E-state index in [1.54, 1.807) is 0 Å². The Morgan fingerprint density at radius 1 is 1.29 bits per heavy atom. The van der Waals surface area contributed by atoms with Gasteiger partial charge in [0.25, 0.3) is 0 Å². The zero-order valence-corrected chi connectivity index (χ0v) is 16.6. The van der Waals surface area contributed by atoms with E-state index in [0.29, 0.717) is 12.1 Å². The van der Waals surface area contributed by atoms with E-state index in [4.69, 9.17) is 14.7 Å². The highest BCUT2D eigenvalue weighted by atomic mass is 16.5. The minimum atomic E-state index is 0.293. The summed E-state index contributed by atoms with van der Waals surface area (Å²) in [7, 11) is 2.24. The molecule has 3 aliphatic heterocycles. The lowest BCUT2D eigenvalue weighted by atomic mass is 9.91. The number of ether oxygens (including phenoxy) is 1. The van der Waals surface area contributed by atoms with Crippen molar-refractivity contribution in [3.8, 4) is 0 Å². The summed E-state index contributed by atoms with van der Waals surface area (Å²) in [5, 5.41) is 0. The number of amidine groups is 1. The maximum absolute atomic E-state index is 5.52. The maximum Gasteiger partial charge on any atom is 0.129 e. The monoisotopic (exact) mass is 379 g/mol. The lowest BCUT2D eigenvalue weighted by Gasteiger charge is -2.37. The van der Waals surface area contributed by atoms with Crippen LogP contribution in [0, 0.1) is 0 Å². The number of aliphatic imine (C=N–C) groups is 1. The molecule has 6 nitrogen and oxygen atoms in total. The summed E-state index contributed by atoms with van der Waals surface area (Å²) >= 11 is 0. The minimum absolute atomic E-state index is 0.293.